The Bertz CT molecular complexity index is 275. The van der Waals surface area contributed by atoms with Crippen LogP contribution in [0, 0.1) is 0 Å². The lowest BCUT2D eigenvalue weighted by atomic mass is 10.2. The van der Waals surface area contributed by atoms with E-state index >= 15 is 0 Å². The van der Waals surface area contributed by atoms with Crippen LogP contribution in [0.2, 0.25) is 0 Å². The molecule has 12 heavy (non-hydrogen) atoms. The maximum Gasteiger partial charge on any atom is 0.180 e. The molecule has 0 amide bonds. The molecule has 1 aromatic carbocycles. The molecule has 1 aromatic rings. The van der Waals surface area contributed by atoms with E-state index in [9.17, 15) is 5.11 Å². The molecule has 1 unspecified atom stereocenters. The molecule has 0 aromatic heterocycles. The highest BCUT2D eigenvalue weighted by molar-refractivity contribution is 5.53. The standard InChI is InChI=1S/C8H11NO3/c1-12-8(11)5-2-3-7(10)6(9)4-5/h2-4,8,10-11H,9H2,1H3. The molecule has 1 rings (SSSR count). The molecule has 1 atom stereocenters. The lowest BCUT2D eigenvalue weighted by molar-refractivity contribution is -0.0769. The van der Waals surface area contributed by atoms with Crippen LogP contribution < -0.4 is 5.73 Å². The number of nitrogen functional groups attached to an aromatic ring is 1. The van der Waals surface area contributed by atoms with Gasteiger partial charge in [-0.05, 0) is 12.1 Å². The second kappa shape index (κ2) is 3.42. The van der Waals surface area contributed by atoms with Gasteiger partial charge in [0.05, 0.1) is 5.69 Å². The number of anilines is 1. The zero-order chi connectivity index (χ0) is 9.14. The van der Waals surface area contributed by atoms with E-state index in [4.69, 9.17) is 10.8 Å². The largest absolute Gasteiger partial charge is 0.506 e. The number of ether oxygens (including phenoxy) is 1. The highest BCUT2D eigenvalue weighted by Crippen LogP contribution is 2.24. The Morgan fingerprint density at radius 3 is 2.67 bits per heavy atom. The van der Waals surface area contributed by atoms with Crippen LogP contribution in [0.25, 0.3) is 0 Å². The molecule has 4 heteroatoms. The summed E-state index contributed by atoms with van der Waals surface area (Å²) < 4.78 is 4.65. The summed E-state index contributed by atoms with van der Waals surface area (Å²) in [7, 11) is 1.38. The fraction of sp³-hybridized carbons (Fsp3) is 0.250. The molecule has 0 heterocycles. The van der Waals surface area contributed by atoms with Crippen molar-refractivity contribution in [2.45, 2.75) is 6.29 Å². The van der Waals surface area contributed by atoms with Gasteiger partial charge >= 0.3 is 0 Å². The molecule has 0 fully saturated rings. The van der Waals surface area contributed by atoms with E-state index in [-0.39, 0.29) is 11.4 Å². The van der Waals surface area contributed by atoms with Crippen LogP contribution in [0.15, 0.2) is 18.2 Å². The van der Waals surface area contributed by atoms with Gasteiger partial charge < -0.3 is 20.7 Å². The SMILES string of the molecule is COC(O)c1ccc(O)c(N)c1. The number of benzene rings is 1. The number of phenols is 1. The number of rotatable bonds is 2. The topological polar surface area (TPSA) is 75.7 Å². The summed E-state index contributed by atoms with van der Waals surface area (Å²) in [6.07, 6.45) is -0.993. The molecule has 0 radical (unpaired) electrons. The summed E-state index contributed by atoms with van der Waals surface area (Å²) in [5.74, 6) is 0.00190. The third kappa shape index (κ3) is 1.66. The predicted molar refractivity (Wildman–Crippen MR) is 44.5 cm³/mol. The van der Waals surface area contributed by atoms with Crippen molar-refractivity contribution in [3.63, 3.8) is 0 Å². The lowest BCUT2D eigenvalue weighted by Gasteiger charge is -2.09. The van der Waals surface area contributed by atoms with E-state index in [2.05, 4.69) is 4.74 Å². The Labute approximate surface area is 70.2 Å². The Morgan fingerprint density at radius 2 is 2.17 bits per heavy atom. The van der Waals surface area contributed by atoms with E-state index in [0.717, 1.165) is 0 Å². The molecule has 4 N–H and O–H groups in total. The van der Waals surface area contributed by atoms with Crippen LogP contribution in [0.5, 0.6) is 5.75 Å². The maximum absolute atomic E-state index is 9.19. The van der Waals surface area contributed by atoms with Crippen molar-refractivity contribution in [1.82, 2.24) is 0 Å². The van der Waals surface area contributed by atoms with Gasteiger partial charge in [0.1, 0.15) is 5.75 Å². The minimum atomic E-state index is -0.993. The van der Waals surface area contributed by atoms with Gasteiger partial charge in [0.25, 0.3) is 0 Å². The smallest absolute Gasteiger partial charge is 0.180 e. The van der Waals surface area contributed by atoms with Crippen LogP contribution in [0.1, 0.15) is 11.9 Å². The van der Waals surface area contributed by atoms with E-state index < -0.39 is 6.29 Å². The third-order valence-corrected chi connectivity index (χ3v) is 1.56. The van der Waals surface area contributed by atoms with Gasteiger partial charge in [-0.1, -0.05) is 6.07 Å². The summed E-state index contributed by atoms with van der Waals surface area (Å²) >= 11 is 0. The first-order valence-electron chi connectivity index (χ1n) is 3.44. The normalized spacial score (nSPS) is 12.8. The number of hydrogen-bond acceptors (Lipinski definition) is 4. The quantitative estimate of drug-likeness (QED) is 0.344. The molecular formula is C8H11NO3. The Hall–Kier alpha value is -1.26. The van der Waals surface area contributed by atoms with Crippen molar-refractivity contribution in [3.8, 4) is 5.75 Å². The highest BCUT2D eigenvalue weighted by Gasteiger charge is 2.06. The van der Waals surface area contributed by atoms with Crippen LogP contribution >= 0.6 is 0 Å². The van der Waals surface area contributed by atoms with Gasteiger partial charge in [0.15, 0.2) is 6.29 Å². The highest BCUT2D eigenvalue weighted by atomic mass is 16.6. The first kappa shape index (κ1) is 8.83. The second-order valence-corrected chi connectivity index (χ2v) is 2.41. The number of methoxy groups -OCH3 is 1. The maximum atomic E-state index is 9.19. The van der Waals surface area contributed by atoms with Gasteiger partial charge in [0, 0.05) is 12.7 Å². The minimum absolute atomic E-state index is 0.00190. The van der Waals surface area contributed by atoms with Gasteiger partial charge in [-0.25, -0.2) is 0 Å². The van der Waals surface area contributed by atoms with E-state index in [0.29, 0.717) is 5.56 Å². The summed E-state index contributed by atoms with van der Waals surface area (Å²) in [5.41, 5.74) is 6.14. The molecule has 0 spiro atoms. The molecule has 4 nitrogen and oxygen atoms in total. The second-order valence-electron chi connectivity index (χ2n) is 2.41. The molecular weight excluding hydrogens is 158 g/mol. The average molecular weight is 169 g/mol. The summed E-state index contributed by atoms with van der Waals surface area (Å²) in [4.78, 5) is 0. The van der Waals surface area contributed by atoms with Gasteiger partial charge in [-0.3, -0.25) is 0 Å². The number of aliphatic hydroxyl groups excluding tert-OH is 1. The van der Waals surface area contributed by atoms with Crippen molar-refractivity contribution >= 4 is 5.69 Å². The number of phenolic OH excluding ortho intramolecular Hbond substituents is 1. The van der Waals surface area contributed by atoms with Crippen molar-refractivity contribution in [3.05, 3.63) is 23.8 Å². The Kier molecular flexibility index (Phi) is 2.52. The summed E-state index contributed by atoms with van der Waals surface area (Å²) in [5, 5.41) is 18.2. The number of aliphatic hydroxyl groups is 1. The monoisotopic (exact) mass is 169 g/mol. The molecule has 0 bridgehead atoms. The Balaban J connectivity index is 2.96. The first-order valence-corrected chi connectivity index (χ1v) is 3.44. The van der Waals surface area contributed by atoms with Crippen LogP contribution in [0.4, 0.5) is 5.69 Å². The third-order valence-electron chi connectivity index (χ3n) is 1.56. The van der Waals surface area contributed by atoms with Gasteiger partial charge in [-0.15, -0.1) is 0 Å². The number of aromatic hydroxyl groups is 1. The number of hydrogen-bond donors (Lipinski definition) is 3. The predicted octanol–water partition coefficient (Wildman–Crippen LogP) is 0.612. The average Bonchev–Trinajstić information content (AvgIpc) is 2.08. The molecule has 66 valence electrons. The van der Waals surface area contributed by atoms with Crippen molar-refractivity contribution in [2.75, 3.05) is 12.8 Å². The van der Waals surface area contributed by atoms with Crippen molar-refractivity contribution in [2.24, 2.45) is 0 Å². The van der Waals surface area contributed by atoms with E-state index in [1.54, 1.807) is 6.07 Å². The van der Waals surface area contributed by atoms with Crippen LogP contribution in [0.3, 0.4) is 0 Å². The lowest BCUT2D eigenvalue weighted by Crippen LogP contribution is -2.00. The van der Waals surface area contributed by atoms with Gasteiger partial charge in [0.2, 0.25) is 0 Å². The first-order chi connectivity index (χ1) is 5.65. The molecule has 0 aliphatic rings. The van der Waals surface area contributed by atoms with E-state index in [1.165, 1.54) is 19.2 Å². The summed E-state index contributed by atoms with van der Waals surface area (Å²) in [6, 6.07) is 4.41. The molecule has 0 saturated heterocycles. The zero-order valence-electron chi connectivity index (χ0n) is 6.69. The fourth-order valence-corrected chi connectivity index (χ4v) is 0.863. The van der Waals surface area contributed by atoms with Crippen molar-refractivity contribution in [1.29, 1.82) is 0 Å². The minimum Gasteiger partial charge on any atom is -0.506 e. The van der Waals surface area contributed by atoms with Crippen LogP contribution in [-0.4, -0.2) is 17.3 Å². The van der Waals surface area contributed by atoms with Crippen LogP contribution in [-0.2, 0) is 4.74 Å². The molecule has 0 aliphatic carbocycles. The van der Waals surface area contributed by atoms with Gasteiger partial charge in [-0.2, -0.15) is 0 Å². The molecule has 0 saturated carbocycles. The van der Waals surface area contributed by atoms with Crippen molar-refractivity contribution < 1.29 is 14.9 Å². The Morgan fingerprint density at radius 1 is 1.50 bits per heavy atom. The van der Waals surface area contributed by atoms with E-state index in [1.807, 2.05) is 0 Å². The summed E-state index contributed by atoms with van der Waals surface area (Å²) in [6.45, 7) is 0. The zero-order valence-corrected chi connectivity index (χ0v) is 6.69. The number of nitrogens with two attached hydrogens (primary N) is 1. The molecule has 0 aliphatic heterocycles. The fourth-order valence-electron chi connectivity index (χ4n) is 0.863.